The number of hydrogen-bond donors (Lipinski definition) is 3. The Hall–Kier alpha value is -1.64. The van der Waals surface area contributed by atoms with E-state index in [0.717, 1.165) is 26.2 Å². The molecule has 0 aromatic carbocycles. The van der Waals surface area contributed by atoms with Crippen LogP contribution >= 0.6 is 11.3 Å². The molecule has 1 saturated heterocycles. The third-order valence-corrected chi connectivity index (χ3v) is 4.97. The van der Waals surface area contributed by atoms with Crippen LogP contribution < -0.4 is 16.4 Å². The molecule has 0 radical (unpaired) electrons. The molecule has 2 rings (SSSR count). The second kappa shape index (κ2) is 8.85. The maximum absolute atomic E-state index is 11.9. The number of piperazine rings is 1. The van der Waals surface area contributed by atoms with Crippen LogP contribution in [0.5, 0.6) is 0 Å². The first-order valence-corrected chi connectivity index (χ1v) is 8.70. The molecule has 4 N–H and O–H groups in total. The lowest BCUT2D eigenvalue weighted by Gasteiger charge is -2.37. The van der Waals surface area contributed by atoms with E-state index >= 15 is 0 Å². The van der Waals surface area contributed by atoms with E-state index in [4.69, 9.17) is 5.73 Å². The number of nitrogens with two attached hydrogens (primary N) is 1. The summed E-state index contributed by atoms with van der Waals surface area (Å²) in [5.41, 5.74) is 4.98. The summed E-state index contributed by atoms with van der Waals surface area (Å²) in [6.07, 6.45) is 0.239. The van der Waals surface area contributed by atoms with Crippen molar-refractivity contribution >= 4 is 23.3 Å². The molecule has 1 aromatic rings. The number of likely N-dealkylation sites (N-methyl/N-ethyl adjacent to an activating group) is 1. The Morgan fingerprint density at radius 1 is 1.30 bits per heavy atom. The predicted octanol–water partition coefficient (Wildman–Crippen LogP) is 0.211. The van der Waals surface area contributed by atoms with Crippen molar-refractivity contribution in [1.29, 1.82) is 0 Å². The minimum atomic E-state index is -0.605. The van der Waals surface area contributed by atoms with Crippen molar-refractivity contribution in [1.82, 2.24) is 20.4 Å². The maximum atomic E-state index is 11.9. The first kappa shape index (κ1) is 17.7. The van der Waals surface area contributed by atoms with Crippen LogP contribution in [0.1, 0.15) is 17.3 Å². The van der Waals surface area contributed by atoms with Crippen molar-refractivity contribution in [2.45, 2.75) is 12.5 Å². The second-order valence-corrected chi connectivity index (χ2v) is 6.69. The number of nitrogens with zero attached hydrogens (tertiary/aromatic N) is 2. The molecular formula is C15H25N5O2S. The molecule has 23 heavy (non-hydrogen) atoms. The number of carbonyl (C=O) groups is 2. The van der Waals surface area contributed by atoms with E-state index in [-0.39, 0.29) is 24.9 Å². The van der Waals surface area contributed by atoms with Crippen LogP contribution in [0.4, 0.5) is 4.79 Å². The van der Waals surface area contributed by atoms with Crippen LogP contribution in [0, 0.1) is 0 Å². The molecule has 1 unspecified atom stereocenters. The zero-order valence-corrected chi connectivity index (χ0v) is 14.3. The Kier molecular flexibility index (Phi) is 6.82. The van der Waals surface area contributed by atoms with E-state index in [0.29, 0.717) is 6.54 Å². The van der Waals surface area contributed by atoms with Gasteiger partial charge in [0.1, 0.15) is 0 Å². The normalized spacial score (nSPS) is 17.6. The highest BCUT2D eigenvalue weighted by atomic mass is 32.1. The third kappa shape index (κ3) is 5.81. The number of thiophene rings is 1. The van der Waals surface area contributed by atoms with E-state index in [1.807, 2.05) is 6.07 Å². The van der Waals surface area contributed by atoms with Crippen LogP contribution in [-0.4, -0.2) is 68.1 Å². The Balaban J connectivity index is 1.86. The van der Waals surface area contributed by atoms with E-state index in [9.17, 15) is 9.59 Å². The van der Waals surface area contributed by atoms with Gasteiger partial charge in [0, 0.05) is 50.6 Å². The summed E-state index contributed by atoms with van der Waals surface area (Å²) in [7, 11) is 2.13. The fraction of sp³-hybridized carbons (Fsp3) is 0.600. The molecule has 0 bridgehead atoms. The summed E-state index contributed by atoms with van der Waals surface area (Å²) in [6, 6.07) is 3.76. The van der Waals surface area contributed by atoms with Gasteiger partial charge < -0.3 is 21.3 Å². The summed E-state index contributed by atoms with van der Waals surface area (Å²) in [5, 5.41) is 7.46. The maximum Gasteiger partial charge on any atom is 0.312 e. The van der Waals surface area contributed by atoms with E-state index in [1.165, 1.54) is 4.88 Å². The number of amides is 3. The van der Waals surface area contributed by atoms with Gasteiger partial charge in [-0.2, -0.15) is 0 Å². The molecule has 0 spiro atoms. The minimum Gasteiger partial charge on any atom is -0.354 e. The average molecular weight is 339 g/mol. The molecule has 1 atom stereocenters. The van der Waals surface area contributed by atoms with Crippen LogP contribution in [0.3, 0.4) is 0 Å². The van der Waals surface area contributed by atoms with Gasteiger partial charge in [-0.3, -0.25) is 9.69 Å². The highest BCUT2D eigenvalue weighted by Gasteiger charge is 2.24. The smallest absolute Gasteiger partial charge is 0.312 e. The molecule has 3 amide bonds. The predicted molar refractivity (Wildman–Crippen MR) is 91.3 cm³/mol. The summed E-state index contributed by atoms with van der Waals surface area (Å²) in [5.74, 6) is -0.0746. The van der Waals surface area contributed by atoms with E-state index in [2.05, 4.69) is 38.9 Å². The summed E-state index contributed by atoms with van der Waals surface area (Å²) < 4.78 is 0. The van der Waals surface area contributed by atoms with E-state index in [1.54, 1.807) is 11.3 Å². The third-order valence-electron chi connectivity index (χ3n) is 3.99. The minimum absolute atomic E-state index is 0.0746. The number of nitrogens with one attached hydrogen (secondary N) is 2. The van der Waals surface area contributed by atoms with Crippen molar-refractivity contribution in [3.8, 4) is 0 Å². The fourth-order valence-electron chi connectivity index (χ4n) is 2.62. The molecule has 7 nitrogen and oxygen atoms in total. The Bertz CT molecular complexity index is 500. The Morgan fingerprint density at radius 2 is 2.04 bits per heavy atom. The molecule has 8 heteroatoms. The monoisotopic (exact) mass is 339 g/mol. The first-order valence-electron chi connectivity index (χ1n) is 7.82. The van der Waals surface area contributed by atoms with Crippen LogP contribution in [-0.2, 0) is 4.79 Å². The Morgan fingerprint density at radius 3 is 2.65 bits per heavy atom. The van der Waals surface area contributed by atoms with Crippen molar-refractivity contribution in [2.24, 2.45) is 5.73 Å². The standard InChI is InChI=1S/C15H25N5O2S/c1-19-6-8-20(9-7-19)12(13-3-2-10-23-13)11-18-14(21)4-5-17-15(16)22/h2-3,10,12H,4-9,11H2,1H3,(H,18,21)(H3,16,17,22). The highest BCUT2D eigenvalue weighted by Crippen LogP contribution is 2.25. The number of rotatable bonds is 7. The van der Waals surface area contributed by atoms with Gasteiger partial charge in [-0.1, -0.05) is 6.07 Å². The lowest BCUT2D eigenvalue weighted by atomic mass is 10.1. The highest BCUT2D eigenvalue weighted by molar-refractivity contribution is 7.10. The summed E-state index contributed by atoms with van der Waals surface area (Å²) in [4.78, 5) is 28.5. The molecule has 2 heterocycles. The molecule has 1 fully saturated rings. The molecule has 1 aliphatic rings. The quantitative estimate of drug-likeness (QED) is 0.662. The van der Waals surface area contributed by atoms with Gasteiger partial charge in [0.2, 0.25) is 5.91 Å². The SMILES string of the molecule is CN1CCN(C(CNC(=O)CCNC(N)=O)c2cccs2)CC1. The van der Waals surface area contributed by atoms with Gasteiger partial charge in [-0.25, -0.2) is 4.79 Å². The fourth-order valence-corrected chi connectivity index (χ4v) is 3.48. The van der Waals surface area contributed by atoms with Gasteiger partial charge in [0.15, 0.2) is 0 Å². The average Bonchev–Trinajstić information content (AvgIpc) is 3.03. The number of urea groups is 1. The van der Waals surface area contributed by atoms with Crippen LogP contribution in [0.2, 0.25) is 0 Å². The molecule has 128 valence electrons. The zero-order valence-electron chi connectivity index (χ0n) is 13.5. The molecule has 1 aromatic heterocycles. The van der Waals surface area contributed by atoms with Crippen molar-refractivity contribution in [2.75, 3.05) is 46.3 Å². The summed E-state index contributed by atoms with van der Waals surface area (Å²) in [6.45, 7) is 4.92. The molecular weight excluding hydrogens is 314 g/mol. The summed E-state index contributed by atoms with van der Waals surface area (Å²) >= 11 is 1.72. The van der Waals surface area contributed by atoms with Gasteiger partial charge in [-0.05, 0) is 18.5 Å². The second-order valence-electron chi connectivity index (χ2n) is 5.72. The Labute approximate surface area is 140 Å². The lowest BCUT2D eigenvalue weighted by molar-refractivity contribution is -0.121. The first-order chi connectivity index (χ1) is 11.1. The van der Waals surface area contributed by atoms with Crippen molar-refractivity contribution in [3.05, 3.63) is 22.4 Å². The van der Waals surface area contributed by atoms with Crippen LogP contribution in [0.25, 0.3) is 0 Å². The van der Waals surface area contributed by atoms with E-state index < -0.39 is 6.03 Å². The topological polar surface area (TPSA) is 90.7 Å². The van der Waals surface area contributed by atoms with Crippen LogP contribution in [0.15, 0.2) is 17.5 Å². The largest absolute Gasteiger partial charge is 0.354 e. The van der Waals surface area contributed by atoms with Gasteiger partial charge in [-0.15, -0.1) is 11.3 Å². The lowest BCUT2D eigenvalue weighted by Crippen LogP contribution is -2.48. The van der Waals surface area contributed by atoms with Gasteiger partial charge in [0.05, 0.1) is 6.04 Å². The van der Waals surface area contributed by atoms with Crippen molar-refractivity contribution < 1.29 is 9.59 Å². The number of carbonyl (C=O) groups excluding carboxylic acids is 2. The number of hydrogen-bond acceptors (Lipinski definition) is 5. The van der Waals surface area contributed by atoms with Crippen molar-refractivity contribution in [3.63, 3.8) is 0 Å². The zero-order chi connectivity index (χ0) is 16.7. The molecule has 1 aliphatic heterocycles. The van der Waals surface area contributed by atoms with Gasteiger partial charge in [0.25, 0.3) is 0 Å². The van der Waals surface area contributed by atoms with Gasteiger partial charge >= 0.3 is 6.03 Å². The molecule has 0 aliphatic carbocycles. The molecule has 0 saturated carbocycles. The number of primary amides is 1.